The van der Waals surface area contributed by atoms with Crippen molar-refractivity contribution >= 4 is 71.6 Å². The summed E-state index contributed by atoms with van der Waals surface area (Å²) < 4.78 is 8.66. The normalized spacial score (nSPS) is 11.6. The molecule has 0 N–H and O–H groups in total. The average Bonchev–Trinajstić information content (AvgIpc) is 3.95. The van der Waals surface area contributed by atoms with Gasteiger partial charge in [0, 0.05) is 44.2 Å². The number of hydrogen-bond donors (Lipinski definition) is 0. The van der Waals surface area contributed by atoms with E-state index in [-0.39, 0.29) is 0 Å². The molecule has 67 heavy (non-hydrogen) atoms. The maximum Gasteiger partial charge on any atom is 0.136 e. The monoisotopic (exact) mass is 854 g/mol. The maximum absolute atomic E-state index is 6.28. The molecule has 0 amide bonds. The summed E-state index contributed by atoms with van der Waals surface area (Å²) in [5.41, 5.74) is 17.9. The van der Waals surface area contributed by atoms with E-state index in [2.05, 4.69) is 252 Å². The van der Waals surface area contributed by atoms with E-state index in [0.717, 1.165) is 66.9 Å². The summed E-state index contributed by atoms with van der Waals surface area (Å²) in [4.78, 5) is 2.39. The number of para-hydroxylation sites is 4. The van der Waals surface area contributed by atoms with Crippen LogP contribution < -0.4 is 4.90 Å². The molecule has 2 aromatic heterocycles. The number of furan rings is 1. The number of benzene rings is 11. The van der Waals surface area contributed by atoms with Gasteiger partial charge in [-0.3, -0.25) is 0 Å². The third kappa shape index (κ3) is 6.76. The SMILES string of the molecule is c1cc(-c2ccc(N(c3ccc(-c4ccc5c(c4)oc4ccccc45)cc3)c3ccccc3-c3ccc4ccccc4c3)cc2)cc(-c2cccc(-n3c4ccccc4c4ccccc43)c2)c1. The topological polar surface area (TPSA) is 21.3 Å². The smallest absolute Gasteiger partial charge is 0.136 e. The predicted octanol–water partition coefficient (Wildman–Crippen LogP) is 18.0. The minimum atomic E-state index is 0.896. The third-order valence-electron chi connectivity index (χ3n) is 13.4. The second-order valence-corrected chi connectivity index (χ2v) is 17.3. The number of nitrogens with zero attached hydrogens (tertiary/aromatic N) is 2. The molecule has 0 saturated carbocycles. The molecule has 0 bridgehead atoms. The fourth-order valence-electron chi connectivity index (χ4n) is 10.1. The standard InChI is InChI=1S/C64H42N2O/c1-2-14-46-40-51(28-27-43(46)13-1)55-19-3-7-23-60(55)65(53-36-31-45(32-37-53)50-33-38-59-58-22-6-10-26-63(58)67-64(59)42-50)52-34-29-44(30-35-52)47-15-11-16-48(39-47)49-17-12-18-54(41-49)66-61-24-8-4-20-56(61)57-21-5-9-25-62(57)66/h1-42H. The van der Waals surface area contributed by atoms with Gasteiger partial charge in [-0.05, 0) is 135 Å². The largest absolute Gasteiger partial charge is 0.456 e. The highest BCUT2D eigenvalue weighted by molar-refractivity contribution is 6.09. The van der Waals surface area contributed by atoms with Gasteiger partial charge < -0.3 is 13.9 Å². The summed E-state index contributed by atoms with van der Waals surface area (Å²) in [5.74, 6) is 0. The van der Waals surface area contributed by atoms with Gasteiger partial charge in [0.2, 0.25) is 0 Å². The quantitative estimate of drug-likeness (QED) is 0.152. The van der Waals surface area contributed by atoms with Crippen LogP contribution in [0.4, 0.5) is 17.1 Å². The number of anilines is 3. The fourth-order valence-corrected chi connectivity index (χ4v) is 10.1. The molecule has 2 heterocycles. The number of hydrogen-bond acceptors (Lipinski definition) is 2. The molecule has 0 fully saturated rings. The molecule has 0 atom stereocenters. The number of fused-ring (bicyclic) bond motifs is 7. The van der Waals surface area contributed by atoms with Crippen molar-refractivity contribution in [1.29, 1.82) is 0 Å². The fraction of sp³-hybridized carbons (Fsp3) is 0. The van der Waals surface area contributed by atoms with Crippen molar-refractivity contribution in [3.63, 3.8) is 0 Å². The molecule has 0 spiro atoms. The van der Waals surface area contributed by atoms with E-state index < -0.39 is 0 Å². The zero-order valence-corrected chi connectivity index (χ0v) is 36.6. The zero-order valence-electron chi connectivity index (χ0n) is 36.6. The van der Waals surface area contributed by atoms with Crippen molar-refractivity contribution < 1.29 is 4.42 Å². The molecule has 13 rings (SSSR count). The van der Waals surface area contributed by atoms with Crippen molar-refractivity contribution in [2.24, 2.45) is 0 Å². The zero-order chi connectivity index (χ0) is 44.3. The van der Waals surface area contributed by atoms with E-state index in [1.807, 2.05) is 12.1 Å². The second-order valence-electron chi connectivity index (χ2n) is 17.3. The number of aromatic nitrogens is 1. The highest BCUT2D eigenvalue weighted by atomic mass is 16.3. The van der Waals surface area contributed by atoms with Gasteiger partial charge in [-0.25, -0.2) is 0 Å². The Morgan fingerprint density at radius 3 is 1.55 bits per heavy atom. The van der Waals surface area contributed by atoms with Crippen LogP contribution in [0.25, 0.3) is 105 Å². The van der Waals surface area contributed by atoms with Gasteiger partial charge in [0.15, 0.2) is 0 Å². The van der Waals surface area contributed by atoms with Crippen LogP contribution in [-0.4, -0.2) is 4.57 Å². The maximum atomic E-state index is 6.28. The van der Waals surface area contributed by atoms with Crippen LogP contribution in [0.3, 0.4) is 0 Å². The van der Waals surface area contributed by atoms with Crippen molar-refractivity contribution in [3.05, 3.63) is 255 Å². The van der Waals surface area contributed by atoms with Crippen molar-refractivity contribution in [2.45, 2.75) is 0 Å². The van der Waals surface area contributed by atoms with Crippen LogP contribution in [0.2, 0.25) is 0 Å². The summed E-state index contributed by atoms with van der Waals surface area (Å²) in [5, 5.41) is 7.25. The first-order valence-corrected chi connectivity index (χ1v) is 22.9. The van der Waals surface area contributed by atoms with Crippen molar-refractivity contribution in [3.8, 4) is 50.2 Å². The summed E-state index contributed by atoms with van der Waals surface area (Å²) >= 11 is 0. The van der Waals surface area contributed by atoms with E-state index in [9.17, 15) is 0 Å². The Bertz CT molecular complexity index is 3930. The summed E-state index contributed by atoms with van der Waals surface area (Å²) in [6.07, 6.45) is 0. The molecule has 3 nitrogen and oxygen atoms in total. The molecule has 0 unspecified atom stereocenters. The van der Waals surface area contributed by atoms with Gasteiger partial charge in [0.05, 0.1) is 16.7 Å². The first-order valence-electron chi connectivity index (χ1n) is 22.9. The van der Waals surface area contributed by atoms with Crippen molar-refractivity contribution in [1.82, 2.24) is 4.57 Å². The van der Waals surface area contributed by atoms with Gasteiger partial charge in [0.1, 0.15) is 11.2 Å². The summed E-state index contributed by atoms with van der Waals surface area (Å²) in [6.45, 7) is 0. The lowest BCUT2D eigenvalue weighted by atomic mass is 9.97. The number of rotatable bonds is 8. The van der Waals surface area contributed by atoms with Crippen LogP contribution in [0.5, 0.6) is 0 Å². The third-order valence-corrected chi connectivity index (χ3v) is 13.4. The first-order chi connectivity index (χ1) is 33.2. The Morgan fingerprint density at radius 2 is 0.821 bits per heavy atom. The van der Waals surface area contributed by atoms with Gasteiger partial charge in [-0.2, -0.15) is 0 Å². The molecular weight excluding hydrogens is 813 g/mol. The Labute approximate surface area is 388 Å². The Kier molecular flexibility index (Phi) is 9.17. The average molecular weight is 855 g/mol. The molecule has 13 aromatic rings. The van der Waals surface area contributed by atoms with E-state index >= 15 is 0 Å². The molecule has 3 heteroatoms. The van der Waals surface area contributed by atoms with Gasteiger partial charge >= 0.3 is 0 Å². The summed E-state index contributed by atoms with van der Waals surface area (Å²) in [7, 11) is 0. The predicted molar refractivity (Wildman–Crippen MR) is 282 cm³/mol. The Hall–Kier alpha value is -8.92. The molecule has 0 aliphatic rings. The lowest BCUT2D eigenvalue weighted by Gasteiger charge is -2.28. The van der Waals surface area contributed by atoms with Crippen molar-refractivity contribution in [2.75, 3.05) is 4.90 Å². The van der Waals surface area contributed by atoms with Crippen LogP contribution in [-0.2, 0) is 0 Å². The van der Waals surface area contributed by atoms with Crippen LogP contribution in [0.1, 0.15) is 0 Å². The first kappa shape index (κ1) is 38.5. The Morgan fingerprint density at radius 1 is 0.299 bits per heavy atom. The van der Waals surface area contributed by atoms with E-state index in [4.69, 9.17) is 4.42 Å². The van der Waals surface area contributed by atoms with Gasteiger partial charge in [-0.1, -0.05) is 170 Å². The van der Waals surface area contributed by atoms with Gasteiger partial charge in [-0.15, -0.1) is 0 Å². The van der Waals surface area contributed by atoms with Crippen LogP contribution in [0.15, 0.2) is 259 Å². The molecule has 314 valence electrons. The minimum Gasteiger partial charge on any atom is -0.456 e. The molecule has 0 aliphatic carbocycles. The van der Waals surface area contributed by atoms with Crippen LogP contribution in [0, 0.1) is 0 Å². The summed E-state index contributed by atoms with van der Waals surface area (Å²) in [6, 6.07) is 92.0. The molecule has 11 aromatic carbocycles. The highest BCUT2D eigenvalue weighted by Crippen LogP contribution is 2.43. The molecule has 0 radical (unpaired) electrons. The second kappa shape index (κ2) is 16.0. The Balaban J connectivity index is 0.873. The molecule has 0 saturated heterocycles. The lowest BCUT2D eigenvalue weighted by Crippen LogP contribution is -2.11. The van der Waals surface area contributed by atoms with Gasteiger partial charge in [0.25, 0.3) is 0 Å². The van der Waals surface area contributed by atoms with E-state index in [0.29, 0.717) is 0 Å². The molecular formula is C64H42N2O. The van der Waals surface area contributed by atoms with E-state index in [1.54, 1.807) is 0 Å². The highest BCUT2D eigenvalue weighted by Gasteiger charge is 2.19. The lowest BCUT2D eigenvalue weighted by molar-refractivity contribution is 0.669. The minimum absolute atomic E-state index is 0.896. The van der Waals surface area contributed by atoms with Crippen LogP contribution >= 0.6 is 0 Å². The molecule has 0 aliphatic heterocycles. The van der Waals surface area contributed by atoms with E-state index in [1.165, 1.54) is 54.8 Å².